The van der Waals surface area contributed by atoms with Crippen molar-refractivity contribution in [1.29, 1.82) is 0 Å². The molecule has 2 amide bonds. The summed E-state index contributed by atoms with van der Waals surface area (Å²) in [5.74, 6) is -0.305. The van der Waals surface area contributed by atoms with Crippen LogP contribution in [0.1, 0.15) is 31.9 Å². The summed E-state index contributed by atoms with van der Waals surface area (Å²) in [6.45, 7) is 3.71. The largest absolute Gasteiger partial charge is 0.348 e. The molecule has 0 fully saturated rings. The number of nitrogens with one attached hydrogen (secondary N) is 2. The number of hydrogen-bond donors (Lipinski definition) is 2. The van der Waals surface area contributed by atoms with Gasteiger partial charge in [0, 0.05) is 6.42 Å². The molecule has 2 aromatic carbocycles. The molecule has 0 aromatic heterocycles. The maximum Gasteiger partial charge on any atom is 0.239 e. The number of amides is 2. The van der Waals surface area contributed by atoms with E-state index in [0.717, 1.165) is 10.9 Å². The van der Waals surface area contributed by atoms with E-state index in [9.17, 15) is 9.59 Å². The maximum absolute atomic E-state index is 11.8. The highest BCUT2D eigenvalue weighted by Gasteiger charge is 2.10. The molecule has 2 rings (SSSR count). The number of hydrogen-bond acceptors (Lipinski definition) is 2. The van der Waals surface area contributed by atoms with Gasteiger partial charge in [-0.1, -0.05) is 43.3 Å². The lowest BCUT2D eigenvalue weighted by Gasteiger charge is -2.15. The molecule has 1 atom stereocenters. The van der Waals surface area contributed by atoms with E-state index in [1.54, 1.807) is 6.92 Å². The Bertz CT molecular complexity index is 652. The minimum Gasteiger partial charge on any atom is -0.348 e. The van der Waals surface area contributed by atoms with Crippen molar-refractivity contribution in [2.75, 3.05) is 6.54 Å². The van der Waals surface area contributed by atoms with Crippen LogP contribution in [0.3, 0.4) is 0 Å². The molecule has 0 bridgehead atoms. The second-order valence-corrected chi connectivity index (χ2v) is 5.03. The zero-order chi connectivity index (χ0) is 15.2. The lowest BCUT2D eigenvalue weighted by molar-refractivity contribution is -0.126. The minimum atomic E-state index is -0.183. The average Bonchev–Trinajstić information content (AvgIpc) is 2.52. The van der Waals surface area contributed by atoms with Gasteiger partial charge >= 0.3 is 0 Å². The van der Waals surface area contributed by atoms with Crippen molar-refractivity contribution in [3.8, 4) is 0 Å². The standard InChI is InChI=1S/C17H20N2O2/c1-3-16(20)18-11-17(21)19-12(2)14-9-8-13-6-4-5-7-15(13)10-14/h4-10,12H,3,11H2,1-2H3,(H,18,20)(H,19,21)/t12-/m1/s1. The fourth-order valence-electron chi connectivity index (χ4n) is 2.16. The van der Waals surface area contributed by atoms with Gasteiger partial charge in [-0.05, 0) is 29.3 Å². The predicted molar refractivity (Wildman–Crippen MR) is 83.8 cm³/mol. The number of rotatable bonds is 5. The Kier molecular flexibility index (Phi) is 4.93. The monoisotopic (exact) mass is 284 g/mol. The summed E-state index contributed by atoms with van der Waals surface area (Å²) in [6, 6.07) is 14.1. The molecule has 2 aromatic rings. The fraction of sp³-hybridized carbons (Fsp3) is 0.294. The van der Waals surface area contributed by atoms with Crippen LogP contribution < -0.4 is 10.6 Å². The van der Waals surface area contributed by atoms with Gasteiger partial charge in [0.25, 0.3) is 0 Å². The summed E-state index contributed by atoms with van der Waals surface area (Å²) < 4.78 is 0. The number of benzene rings is 2. The highest BCUT2D eigenvalue weighted by molar-refractivity contribution is 5.85. The van der Waals surface area contributed by atoms with Gasteiger partial charge in [0.2, 0.25) is 11.8 Å². The first kappa shape index (κ1) is 15.0. The van der Waals surface area contributed by atoms with E-state index >= 15 is 0 Å². The van der Waals surface area contributed by atoms with E-state index < -0.39 is 0 Å². The molecular weight excluding hydrogens is 264 g/mol. The highest BCUT2D eigenvalue weighted by atomic mass is 16.2. The van der Waals surface area contributed by atoms with Crippen molar-refractivity contribution in [2.45, 2.75) is 26.3 Å². The molecule has 2 N–H and O–H groups in total. The highest BCUT2D eigenvalue weighted by Crippen LogP contribution is 2.20. The summed E-state index contributed by atoms with van der Waals surface area (Å²) in [5.41, 5.74) is 1.05. The van der Waals surface area contributed by atoms with Crippen LogP contribution in [0, 0.1) is 0 Å². The van der Waals surface area contributed by atoms with E-state index in [-0.39, 0.29) is 24.4 Å². The van der Waals surface area contributed by atoms with Crippen LogP contribution in [0.5, 0.6) is 0 Å². The molecule has 4 nitrogen and oxygen atoms in total. The Hall–Kier alpha value is -2.36. The molecule has 0 aliphatic heterocycles. The SMILES string of the molecule is CCC(=O)NCC(=O)N[C@H](C)c1ccc2ccccc2c1. The average molecular weight is 284 g/mol. The Morgan fingerprint density at radius 2 is 1.76 bits per heavy atom. The first-order valence-corrected chi connectivity index (χ1v) is 7.15. The first-order valence-electron chi connectivity index (χ1n) is 7.15. The van der Waals surface area contributed by atoms with E-state index in [0.29, 0.717) is 6.42 Å². The molecule has 0 saturated carbocycles. The topological polar surface area (TPSA) is 58.2 Å². The quantitative estimate of drug-likeness (QED) is 0.886. The van der Waals surface area contributed by atoms with Crippen LogP contribution in [-0.4, -0.2) is 18.4 Å². The summed E-state index contributed by atoms with van der Waals surface area (Å²) in [6.07, 6.45) is 0.382. The molecule has 0 radical (unpaired) electrons. The van der Waals surface area contributed by atoms with Crippen molar-refractivity contribution in [2.24, 2.45) is 0 Å². The number of fused-ring (bicyclic) bond motifs is 1. The predicted octanol–water partition coefficient (Wildman–Crippen LogP) is 2.54. The Morgan fingerprint density at radius 3 is 2.48 bits per heavy atom. The van der Waals surface area contributed by atoms with E-state index in [2.05, 4.69) is 28.8 Å². The normalized spacial score (nSPS) is 11.9. The summed E-state index contributed by atoms with van der Waals surface area (Å²) in [5, 5.41) is 7.78. The van der Waals surface area contributed by atoms with E-state index in [1.807, 2.05) is 31.2 Å². The lowest BCUT2D eigenvalue weighted by atomic mass is 10.0. The Balaban J connectivity index is 1.99. The number of carbonyl (C=O) groups is 2. The van der Waals surface area contributed by atoms with Gasteiger partial charge < -0.3 is 10.6 Å². The maximum atomic E-state index is 11.8. The van der Waals surface area contributed by atoms with Crippen molar-refractivity contribution in [3.05, 3.63) is 48.0 Å². The Labute approximate surface area is 124 Å². The molecule has 0 saturated heterocycles. The number of carbonyl (C=O) groups excluding carboxylic acids is 2. The van der Waals surface area contributed by atoms with Crippen molar-refractivity contribution in [1.82, 2.24) is 10.6 Å². The third kappa shape index (κ3) is 4.05. The molecular formula is C17H20N2O2. The molecule has 21 heavy (non-hydrogen) atoms. The summed E-state index contributed by atoms with van der Waals surface area (Å²) in [4.78, 5) is 22.9. The molecule has 0 aliphatic rings. The minimum absolute atomic E-state index is 0.0184. The summed E-state index contributed by atoms with van der Waals surface area (Å²) in [7, 11) is 0. The van der Waals surface area contributed by atoms with Crippen molar-refractivity contribution < 1.29 is 9.59 Å². The van der Waals surface area contributed by atoms with Crippen LogP contribution in [0.4, 0.5) is 0 Å². The van der Waals surface area contributed by atoms with Crippen LogP contribution in [0.2, 0.25) is 0 Å². The zero-order valence-corrected chi connectivity index (χ0v) is 12.3. The van der Waals surface area contributed by atoms with Gasteiger partial charge in [-0.25, -0.2) is 0 Å². The van der Waals surface area contributed by atoms with Gasteiger partial charge in [-0.3, -0.25) is 9.59 Å². The molecule has 110 valence electrons. The smallest absolute Gasteiger partial charge is 0.239 e. The molecule has 0 spiro atoms. The van der Waals surface area contributed by atoms with Crippen molar-refractivity contribution >= 4 is 22.6 Å². The molecule has 0 aliphatic carbocycles. The Morgan fingerprint density at radius 1 is 1.05 bits per heavy atom. The third-order valence-electron chi connectivity index (χ3n) is 3.42. The van der Waals surface area contributed by atoms with Gasteiger partial charge in [-0.15, -0.1) is 0 Å². The second-order valence-electron chi connectivity index (χ2n) is 5.03. The lowest BCUT2D eigenvalue weighted by Crippen LogP contribution is -2.37. The van der Waals surface area contributed by atoms with Gasteiger partial charge in [0.1, 0.15) is 0 Å². The van der Waals surface area contributed by atoms with Crippen molar-refractivity contribution in [3.63, 3.8) is 0 Å². The van der Waals surface area contributed by atoms with E-state index in [1.165, 1.54) is 5.39 Å². The van der Waals surface area contributed by atoms with Crippen LogP contribution in [0.25, 0.3) is 10.8 Å². The molecule has 4 heteroatoms. The van der Waals surface area contributed by atoms with Crippen LogP contribution >= 0.6 is 0 Å². The zero-order valence-electron chi connectivity index (χ0n) is 12.3. The molecule has 0 heterocycles. The fourth-order valence-corrected chi connectivity index (χ4v) is 2.16. The van der Waals surface area contributed by atoms with Gasteiger partial charge in [0.15, 0.2) is 0 Å². The first-order chi connectivity index (χ1) is 10.1. The van der Waals surface area contributed by atoms with Crippen LogP contribution in [-0.2, 0) is 9.59 Å². The van der Waals surface area contributed by atoms with Gasteiger partial charge in [0.05, 0.1) is 12.6 Å². The molecule has 0 unspecified atom stereocenters. The third-order valence-corrected chi connectivity index (χ3v) is 3.42. The van der Waals surface area contributed by atoms with Gasteiger partial charge in [-0.2, -0.15) is 0 Å². The van der Waals surface area contributed by atoms with Crippen LogP contribution in [0.15, 0.2) is 42.5 Å². The summed E-state index contributed by atoms with van der Waals surface area (Å²) >= 11 is 0. The second kappa shape index (κ2) is 6.88. The van der Waals surface area contributed by atoms with E-state index in [4.69, 9.17) is 0 Å².